The molecule has 0 aromatic carbocycles. The molecule has 2 saturated carbocycles. The molecule has 2 fully saturated rings. The molecule has 0 amide bonds. The van der Waals surface area contributed by atoms with Crippen LogP contribution in [0.25, 0.3) is 0 Å². The van der Waals surface area contributed by atoms with Gasteiger partial charge in [-0.1, -0.05) is 52.4 Å². The highest BCUT2D eigenvalue weighted by molar-refractivity contribution is 4.79. The summed E-state index contributed by atoms with van der Waals surface area (Å²) in [7, 11) is 0. The van der Waals surface area contributed by atoms with E-state index in [0.29, 0.717) is 0 Å². The molecule has 0 saturated heterocycles. The second kappa shape index (κ2) is 5.37. The Bertz CT molecular complexity index is 176. The zero-order valence-electron chi connectivity index (χ0n) is 10.7. The molecule has 2 atom stereocenters. The molecule has 2 aliphatic carbocycles. The average Bonchev–Trinajstić information content (AvgIpc) is 2.44. The second-order valence-corrected chi connectivity index (χ2v) is 6.39. The van der Waals surface area contributed by atoms with E-state index in [2.05, 4.69) is 13.8 Å². The third kappa shape index (κ3) is 3.23. The van der Waals surface area contributed by atoms with Gasteiger partial charge in [0, 0.05) is 0 Å². The van der Waals surface area contributed by atoms with E-state index in [9.17, 15) is 0 Å². The molecule has 0 heterocycles. The standard InChI is InChI=1S/C15H28/c1-12-4-3-5-14(9-6-12)15-10-7-13(2)8-11-15/h12-15H,3-11H2,1-2H3/t12-,13?,14?,15?/m0/s1. The minimum Gasteiger partial charge on any atom is -0.0625 e. The lowest BCUT2D eigenvalue weighted by Crippen LogP contribution is -2.20. The molecule has 0 aromatic rings. The van der Waals surface area contributed by atoms with E-state index in [4.69, 9.17) is 0 Å². The van der Waals surface area contributed by atoms with E-state index in [1.807, 2.05) is 0 Å². The van der Waals surface area contributed by atoms with Gasteiger partial charge in [-0.2, -0.15) is 0 Å². The van der Waals surface area contributed by atoms with E-state index < -0.39 is 0 Å². The van der Waals surface area contributed by atoms with E-state index in [-0.39, 0.29) is 0 Å². The summed E-state index contributed by atoms with van der Waals surface area (Å²) in [5.74, 6) is 4.23. The van der Waals surface area contributed by atoms with Gasteiger partial charge in [-0.15, -0.1) is 0 Å². The van der Waals surface area contributed by atoms with Crippen molar-refractivity contribution in [2.24, 2.45) is 23.7 Å². The maximum Gasteiger partial charge on any atom is -0.0386 e. The number of hydrogen-bond donors (Lipinski definition) is 0. The van der Waals surface area contributed by atoms with Gasteiger partial charge in [0.05, 0.1) is 0 Å². The molecule has 1 unspecified atom stereocenters. The van der Waals surface area contributed by atoms with Crippen molar-refractivity contribution in [3.63, 3.8) is 0 Å². The van der Waals surface area contributed by atoms with Crippen LogP contribution in [0.4, 0.5) is 0 Å². The first-order chi connectivity index (χ1) is 7.25. The normalized spacial score (nSPS) is 43.6. The van der Waals surface area contributed by atoms with Crippen LogP contribution in [0.2, 0.25) is 0 Å². The molecule has 15 heavy (non-hydrogen) atoms. The van der Waals surface area contributed by atoms with Gasteiger partial charge in [-0.05, 0) is 42.9 Å². The van der Waals surface area contributed by atoms with Gasteiger partial charge < -0.3 is 0 Å². The minimum absolute atomic E-state index is 1.01. The molecule has 0 aliphatic heterocycles. The van der Waals surface area contributed by atoms with Crippen molar-refractivity contribution in [3.8, 4) is 0 Å². The summed E-state index contributed by atoms with van der Waals surface area (Å²) in [5, 5.41) is 0. The first-order valence-corrected chi connectivity index (χ1v) is 7.25. The monoisotopic (exact) mass is 208 g/mol. The van der Waals surface area contributed by atoms with Crippen LogP contribution < -0.4 is 0 Å². The Morgan fingerprint density at radius 3 is 1.60 bits per heavy atom. The van der Waals surface area contributed by atoms with E-state index in [1.165, 1.54) is 32.1 Å². The largest absolute Gasteiger partial charge is 0.0625 e. The average molecular weight is 208 g/mol. The lowest BCUT2D eigenvalue weighted by atomic mass is 9.74. The Morgan fingerprint density at radius 2 is 1.00 bits per heavy atom. The topological polar surface area (TPSA) is 0 Å². The molecule has 2 rings (SSSR count). The lowest BCUT2D eigenvalue weighted by Gasteiger charge is -2.32. The predicted octanol–water partition coefficient (Wildman–Crippen LogP) is 5.03. The molecule has 88 valence electrons. The highest BCUT2D eigenvalue weighted by atomic mass is 14.3. The summed E-state index contributed by atoms with van der Waals surface area (Å²) in [6.45, 7) is 4.89. The zero-order chi connectivity index (χ0) is 10.7. The molecule has 0 aromatic heterocycles. The SMILES string of the molecule is CC1CCC(C2CCC[C@H](C)CC2)CC1. The van der Waals surface area contributed by atoms with E-state index in [1.54, 1.807) is 25.7 Å². The number of hydrogen-bond acceptors (Lipinski definition) is 0. The van der Waals surface area contributed by atoms with Crippen molar-refractivity contribution in [1.82, 2.24) is 0 Å². The van der Waals surface area contributed by atoms with Crippen LogP contribution in [0.15, 0.2) is 0 Å². The van der Waals surface area contributed by atoms with Crippen LogP contribution in [0.1, 0.15) is 71.6 Å². The Balaban J connectivity index is 1.82. The van der Waals surface area contributed by atoms with Gasteiger partial charge in [0.25, 0.3) is 0 Å². The summed E-state index contributed by atoms with van der Waals surface area (Å²) in [4.78, 5) is 0. The van der Waals surface area contributed by atoms with Gasteiger partial charge in [0.1, 0.15) is 0 Å². The predicted molar refractivity (Wildman–Crippen MR) is 66.9 cm³/mol. The molecule has 0 nitrogen and oxygen atoms in total. The van der Waals surface area contributed by atoms with Crippen molar-refractivity contribution < 1.29 is 0 Å². The van der Waals surface area contributed by atoms with Crippen LogP contribution in [0.3, 0.4) is 0 Å². The van der Waals surface area contributed by atoms with Crippen LogP contribution in [-0.4, -0.2) is 0 Å². The molecule has 0 bridgehead atoms. The van der Waals surface area contributed by atoms with E-state index in [0.717, 1.165) is 23.7 Å². The maximum absolute atomic E-state index is 2.45. The molecular weight excluding hydrogens is 180 g/mol. The maximum atomic E-state index is 2.45. The minimum atomic E-state index is 1.01. The summed E-state index contributed by atoms with van der Waals surface area (Å²) < 4.78 is 0. The fourth-order valence-corrected chi connectivity index (χ4v) is 3.74. The highest BCUT2D eigenvalue weighted by Gasteiger charge is 2.27. The summed E-state index contributed by atoms with van der Waals surface area (Å²) in [5.41, 5.74) is 0. The first-order valence-electron chi connectivity index (χ1n) is 7.25. The van der Waals surface area contributed by atoms with Gasteiger partial charge in [-0.25, -0.2) is 0 Å². The van der Waals surface area contributed by atoms with Crippen LogP contribution >= 0.6 is 0 Å². The Kier molecular flexibility index (Phi) is 4.11. The number of rotatable bonds is 1. The smallest absolute Gasteiger partial charge is 0.0386 e. The van der Waals surface area contributed by atoms with E-state index >= 15 is 0 Å². The van der Waals surface area contributed by atoms with Gasteiger partial charge in [0.2, 0.25) is 0 Å². The molecule has 0 N–H and O–H groups in total. The zero-order valence-corrected chi connectivity index (χ0v) is 10.7. The third-order valence-electron chi connectivity index (χ3n) is 5.03. The van der Waals surface area contributed by atoms with Gasteiger partial charge >= 0.3 is 0 Å². The molecule has 0 radical (unpaired) electrons. The Morgan fingerprint density at radius 1 is 0.533 bits per heavy atom. The van der Waals surface area contributed by atoms with Crippen molar-refractivity contribution >= 4 is 0 Å². The summed E-state index contributed by atoms with van der Waals surface area (Å²) in [6, 6.07) is 0. The Labute approximate surface area is 95.8 Å². The summed E-state index contributed by atoms with van der Waals surface area (Å²) in [6.07, 6.45) is 13.7. The fraction of sp³-hybridized carbons (Fsp3) is 1.00. The van der Waals surface area contributed by atoms with Crippen molar-refractivity contribution in [2.75, 3.05) is 0 Å². The molecule has 0 spiro atoms. The van der Waals surface area contributed by atoms with Crippen LogP contribution in [0, 0.1) is 23.7 Å². The lowest BCUT2D eigenvalue weighted by molar-refractivity contribution is 0.195. The highest BCUT2D eigenvalue weighted by Crippen LogP contribution is 2.39. The summed E-state index contributed by atoms with van der Waals surface area (Å²) >= 11 is 0. The fourth-order valence-electron chi connectivity index (χ4n) is 3.74. The third-order valence-corrected chi connectivity index (χ3v) is 5.03. The molecular formula is C15H28. The molecule has 0 heteroatoms. The molecule has 2 aliphatic rings. The van der Waals surface area contributed by atoms with Crippen molar-refractivity contribution in [2.45, 2.75) is 71.6 Å². The van der Waals surface area contributed by atoms with Gasteiger partial charge in [-0.3, -0.25) is 0 Å². The van der Waals surface area contributed by atoms with Crippen molar-refractivity contribution in [3.05, 3.63) is 0 Å². The van der Waals surface area contributed by atoms with Crippen molar-refractivity contribution in [1.29, 1.82) is 0 Å². The van der Waals surface area contributed by atoms with Crippen LogP contribution in [0.5, 0.6) is 0 Å². The van der Waals surface area contributed by atoms with Gasteiger partial charge in [0.15, 0.2) is 0 Å². The first kappa shape index (κ1) is 11.5. The van der Waals surface area contributed by atoms with Crippen LogP contribution in [-0.2, 0) is 0 Å². The second-order valence-electron chi connectivity index (χ2n) is 6.39. The quantitative estimate of drug-likeness (QED) is 0.530. The Hall–Kier alpha value is 0.